The van der Waals surface area contributed by atoms with Crippen molar-refractivity contribution < 1.29 is 9.59 Å². The zero-order valence-electron chi connectivity index (χ0n) is 15.7. The number of amides is 2. The molecule has 0 bridgehead atoms. The van der Waals surface area contributed by atoms with E-state index in [9.17, 15) is 9.59 Å². The van der Waals surface area contributed by atoms with Crippen LogP contribution in [0.4, 0.5) is 0 Å². The Morgan fingerprint density at radius 1 is 1.18 bits per heavy atom. The topological polar surface area (TPSA) is 61.4 Å². The van der Waals surface area contributed by atoms with E-state index in [4.69, 9.17) is 0 Å². The van der Waals surface area contributed by atoms with Crippen LogP contribution in [0.3, 0.4) is 0 Å². The highest BCUT2D eigenvalue weighted by Crippen LogP contribution is 2.56. The molecule has 2 aromatic rings. The van der Waals surface area contributed by atoms with Crippen LogP contribution in [-0.2, 0) is 11.3 Å². The maximum atomic E-state index is 13.0. The predicted octanol–water partition coefficient (Wildman–Crippen LogP) is 3.07. The minimum atomic E-state index is -0.202. The largest absolute Gasteiger partial charge is 0.343 e. The van der Waals surface area contributed by atoms with Crippen molar-refractivity contribution >= 4 is 35.6 Å². The van der Waals surface area contributed by atoms with E-state index >= 15 is 0 Å². The lowest BCUT2D eigenvalue weighted by molar-refractivity contribution is -0.132. The Balaban J connectivity index is 0.00000225. The van der Waals surface area contributed by atoms with Gasteiger partial charge in [0, 0.05) is 18.2 Å². The van der Waals surface area contributed by atoms with Gasteiger partial charge in [-0.3, -0.25) is 9.59 Å². The second-order valence-corrected chi connectivity index (χ2v) is 8.31. The molecule has 4 rings (SSSR count). The molecule has 1 unspecified atom stereocenters. The number of carbonyl (C=O) groups excluding carboxylic acids is 2. The zero-order valence-corrected chi connectivity index (χ0v) is 17.4. The summed E-state index contributed by atoms with van der Waals surface area (Å²) in [4.78, 5) is 27.3. The quantitative estimate of drug-likeness (QED) is 0.756. The third-order valence-corrected chi connectivity index (χ3v) is 6.54. The molecule has 28 heavy (non-hydrogen) atoms. The Morgan fingerprint density at radius 2 is 1.93 bits per heavy atom. The van der Waals surface area contributed by atoms with E-state index in [1.807, 2.05) is 28.5 Å². The summed E-state index contributed by atoms with van der Waals surface area (Å²) in [6.45, 7) is 2.73. The van der Waals surface area contributed by atoms with Gasteiger partial charge in [0.05, 0.1) is 6.54 Å². The van der Waals surface area contributed by atoms with E-state index in [0.29, 0.717) is 18.2 Å². The van der Waals surface area contributed by atoms with Gasteiger partial charge in [0.1, 0.15) is 0 Å². The molecular formula is C21H26ClN3O2S. The third-order valence-electron chi connectivity index (χ3n) is 5.81. The van der Waals surface area contributed by atoms with Crippen LogP contribution in [-0.4, -0.2) is 42.4 Å². The Kier molecular flexibility index (Phi) is 6.75. The van der Waals surface area contributed by atoms with Crippen LogP contribution in [0.5, 0.6) is 0 Å². The molecule has 1 aliphatic heterocycles. The number of hydrogen-bond acceptors (Lipinski definition) is 4. The molecule has 150 valence electrons. The monoisotopic (exact) mass is 419 g/mol. The third kappa shape index (κ3) is 4.57. The van der Waals surface area contributed by atoms with Crippen molar-refractivity contribution in [2.45, 2.75) is 31.8 Å². The van der Waals surface area contributed by atoms with E-state index in [1.54, 1.807) is 23.5 Å². The molecule has 1 atom stereocenters. The van der Waals surface area contributed by atoms with Crippen molar-refractivity contribution in [3.05, 3.63) is 58.3 Å². The molecule has 0 radical (unpaired) electrons. The smallest absolute Gasteiger partial charge is 0.251 e. The van der Waals surface area contributed by atoms with Gasteiger partial charge in [0.15, 0.2) is 0 Å². The number of nitrogens with zero attached hydrogens (tertiary/aromatic N) is 1. The maximum Gasteiger partial charge on any atom is 0.251 e. The average Bonchev–Trinajstić information content (AvgIpc) is 3.14. The Morgan fingerprint density at radius 3 is 2.61 bits per heavy atom. The standard InChI is InChI=1S/C21H25N3O2S.ClH/c25-19(13-23-20(26)17-4-2-1-3-5-17)24(14-16-6-11-27-15-16)18-12-21(18)7-9-22-10-8-21;/h1-6,11,15,18,22H,7-10,12-14H2,(H,23,26);1H. The first-order chi connectivity index (χ1) is 13.2. The lowest BCUT2D eigenvalue weighted by Crippen LogP contribution is -2.43. The van der Waals surface area contributed by atoms with Gasteiger partial charge in [-0.25, -0.2) is 0 Å². The summed E-state index contributed by atoms with van der Waals surface area (Å²) < 4.78 is 0. The minimum absolute atomic E-state index is 0. The first kappa shape index (κ1) is 20.8. The van der Waals surface area contributed by atoms with Crippen molar-refractivity contribution in [2.24, 2.45) is 5.41 Å². The van der Waals surface area contributed by atoms with Crippen LogP contribution in [0.1, 0.15) is 35.2 Å². The number of nitrogens with one attached hydrogen (secondary N) is 2. The number of benzene rings is 1. The minimum Gasteiger partial charge on any atom is -0.343 e. The van der Waals surface area contributed by atoms with Crippen molar-refractivity contribution in [1.82, 2.24) is 15.5 Å². The SMILES string of the molecule is Cl.O=C(NCC(=O)N(Cc1ccsc1)C1CC12CCNCC2)c1ccccc1. The lowest BCUT2D eigenvalue weighted by Gasteiger charge is -2.29. The van der Waals surface area contributed by atoms with Crippen molar-refractivity contribution in [3.8, 4) is 0 Å². The second-order valence-electron chi connectivity index (χ2n) is 7.53. The summed E-state index contributed by atoms with van der Waals surface area (Å²) in [5, 5.41) is 10.3. The molecule has 1 aromatic heterocycles. The normalized spacial score (nSPS) is 19.5. The van der Waals surface area contributed by atoms with Gasteiger partial charge in [-0.1, -0.05) is 18.2 Å². The van der Waals surface area contributed by atoms with Crippen LogP contribution in [0.25, 0.3) is 0 Å². The van der Waals surface area contributed by atoms with Gasteiger partial charge >= 0.3 is 0 Å². The van der Waals surface area contributed by atoms with Gasteiger partial charge in [-0.05, 0) is 72.3 Å². The molecule has 2 fully saturated rings. The fraction of sp³-hybridized carbons (Fsp3) is 0.429. The first-order valence-electron chi connectivity index (χ1n) is 9.52. The molecule has 2 amide bonds. The van der Waals surface area contributed by atoms with E-state index in [2.05, 4.69) is 22.1 Å². The maximum absolute atomic E-state index is 13.0. The van der Waals surface area contributed by atoms with Crippen LogP contribution in [0, 0.1) is 5.41 Å². The molecule has 1 aliphatic carbocycles. The fourth-order valence-corrected chi connectivity index (χ4v) is 4.79. The molecule has 1 spiro atoms. The van der Waals surface area contributed by atoms with E-state index < -0.39 is 0 Å². The lowest BCUT2D eigenvalue weighted by atomic mass is 9.93. The molecule has 5 nitrogen and oxygen atoms in total. The Labute approximate surface area is 175 Å². The second kappa shape index (κ2) is 9.07. The molecule has 1 aromatic carbocycles. The number of rotatable bonds is 6. The molecule has 1 saturated heterocycles. The summed E-state index contributed by atoms with van der Waals surface area (Å²) >= 11 is 1.65. The van der Waals surface area contributed by atoms with Crippen molar-refractivity contribution in [1.29, 1.82) is 0 Å². The van der Waals surface area contributed by atoms with Gasteiger partial charge < -0.3 is 15.5 Å². The fourth-order valence-electron chi connectivity index (χ4n) is 4.13. The summed E-state index contributed by atoms with van der Waals surface area (Å²) in [5.41, 5.74) is 2.02. The number of thiophene rings is 1. The summed E-state index contributed by atoms with van der Waals surface area (Å²) in [7, 11) is 0. The van der Waals surface area contributed by atoms with E-state index in [1.165, 1.54) is 5.56 Å². The summed E-state index contributed by atoms with van der Waals surface area (Å²) in [6, 6.07) is 11.4. The number of hydrogen-bond donors (Lipinski definition) is 2. The van der Waals surface area contributed by atoms with Crippen molar-refractivity contribution in [2.75, 3.05) is 19.6 Å². The molecule has 2 N–H and O–H groups in total. The Bertz CT molecular complexity index is 791. The average molecular weight is 420 g/mol. The van der Waals surface area contributed by atoms with Crippen LogP contribution < -0.4 is 10.6 Å². The van der Waals surface area contributed by atoms with Crippen LogP contribution in [0.15, 0.2) is 47.2 Å². The molecular weight excluding hydrogens is 394 g/mol. The van der Waals surface area contributed by atoms with Gasteiger partial charge in [0.2, 0.25) is 5.91 Å². The van der Waals surface area contributed by atoms with Gasteiger partial charge in [-0.15, -0.1) is 12.4 Å². The molecule has 2 heterocycles. The molecule has 1 saturated carbocycles. The number of halogens is 1. The molecule has 7 heteroatoms. The molecule has 2 aliphatic rings. The first-order valence-corrected chi connectivity index (χ1v) is 10.5. The van der Waals surface area contributed by atoms with Crippen molar-refractivity contribution in [3.63, 3.8) is 0 Å². The van der Waals surface area contributed by atoms with E-state index in [0.717, 1.165) is 32.4 Å². The van der Waals surface area contributed by atoms with Crippen LogP contribution >= 0.6 is 23.7 Å². The number of piperidine rings is 1. The predicted molar refractivity (Wildman–Crippen MR) is 114 cm³/mol. The van der Waals surface area contributed by atoms with Gasteiger partial charge in [0.25, 0.3) is 5.91 Å². The summed E-state index contributed by atoms with van der Waals surface area (Å²) in [5.74, 6) is -0.197. The summed E-state index contributed by atoms with van der Waals surface area (Å²) in [6.07, 6.45) is 3.33. The highest BCUT2D eigenvalue weighted by molar-refractivity contribution is 7.07. The van der Waals surface area contributed by atoms with Gasteiger partial charge in [-0.2, -0.15) is 11.3 Å². The number of carbonyl (C=O) groups is 2. The Hall–Kier alpha value is -1.89. The zero-order chi connectivity index (χ0) is 18.7. The highest BCUT2D eigenvalue weighted by atomic mass is 35.5. The van der Waals surface area contributed by atoms with E-state index in [-0.39, 0.29) is 36.2 Å². The van der Waals surface area contributed by atoms with Crippen LogP contribution in [0.2, 0.25) is 0 Å². The highest BCUT2D eigenvalue weighted by Gasteiger charge is 2.57.